The Hall–Kier alpha value is -3.76. The number of nitrogens with one attached hydrogen (secondary N) is 1. The highest BCUT2D eigenvalue weighted by molar-refractivity contribution is 8.01. The fourth-order valence-corrected chi connectivity index (χ4v) is 5.01. The van der Waals surface area contributed by atoms with Gasteiger partial charge in [-0.25, -0.2) is 10.4 Å². The summed E-state index contributed by atoms with van der Waals surface area (Å²) in [6, 6.07) is 19.8. The van der Waals surface area contributed by atoms with E-state index in [2.05, 4.69) is 15.5 Å². The number of rotatable bonds is 8. The summed E-state index contributed by atoms with van der Waals surface area (Å²) in [5.41, 5.74) is 4.66. The van der Waals surface area contributed by atoms with Gasteiger partial charge in [-0.05, 0) is 42.8 Å². The number of hydrazone groups is 1. The standard InChI is InChI=1S/C23H18N4O4S2/c1-15-5-4-6-17(11-15)31-14-22(28)26-24-13-16-9-10-21(19(12-16)27(29)30)33-23-25-18-7-2-3-8-20(18)32-23/h2-13H,14H2,1H3,(H,26,28)/b24-13-. The zero-order valence-electron chi connectivity index (χ0n) is 17.4. The molecule has 3 aromatic carbocycles. The van der Waals surface area contributed by atoms with E-state index in [0.29, 0.717) is 16.2 Å². The van der Waals surface area contributed by atoms with E-state index in [-0.39, 0.29) is 12.3 Å². The quantitative estimate of drug-likeness (QED) is 0.212. The largest absolute Gasteiger partial charge is 0.484 e. The van der Waals surface area contributed by atoms with Crippen LogP contribution in [-0.4, -0.2) is 28.6 Å². The molecule has 4 rings (SSSR count). The molecule has 0 saturated carbocycles. The van der Waals surface area contributed by atoms with Crippen molar-refractivity contribution in [2.45, 2.75) is 16.2 Å². The predicted molar refractivity (Wildman–Crippen MR) is 129 cm³/mol. The van der Waals surface area contributed by atoms with E-state index < -0.39 is 10.8 Å². The summed E-state index contributed by atoms with van der Waals surface area (Å²) < 4.78 is 7.16. The Morgan fingerprint density at radius 3 is 2.85 bits per heavy atom. The maximum Gasteiger partial charge on any atom is 0.283 e. The second kappa shape index (κ2) is 10.2. The minimum Gasteiger partial charge on any atom is -0.484 e. The van der Waals surface area contributed by atoms with Gasteiger partial charge in [0.1, 0.15) is 5.75 Å². The fourth-order valence-electron chi connectivity index (χ4n) is 2.90. The van der Waals surface area contributed by atoms with Crippen molar-refractivity contribution in [3.8, 4) is 5.75 Å². The van der Waals surface area contributed by atoms with Crippen LogP contribution >= 0.6 is 23.1 Å². The first-order valence-corrected chi connectivity index (χ1v) is 11.4. The van der Waals surface area contributed by atoms with E-state index in [0.717, 1.165) is 20.1 Å². The fraction of sp³-hybridized carbons (Fsp3) is 0.0870. The number of carbonyl (C=O) groups excluding carboxylic acids is 1. The summed E-state index contributed by atoms with van der Waals surface area (Å²) in [6.45, 7) is 1.73. The molecule has 0 bridgehead atoms. The van der Waals surface area contributed by atoms with Crippen LogP contribution in [0.2, 0.25) is 0 Å². The Morgan fingerprint density at radius 1 is 1.21 bits per heavy atom. The molecule has 166 valence electrons. The van der Waals surface area contributed by atoms with Crippen molar-refractivity contribution in [1.82, 2.24) is 10.4 Å². The topological polar surface area (TPSA) is 107 Å². The predicted octanol–water partition coefficient (Wildman–Crippen LogP) is 5.19. The number of hydrogen-bond donors (Lipinski definition) is 1. The van der Waals surface area contributed by atoms with Crippen LogP contribution in [0.4, 0.5) is 5.69 Å². The molecule has 33 heavy (non-hydrogen) atoms. The second-order valence-electron chi connectivity index (χ2n) is 6.93. The molecule has 1 amide bonds. The van der Waals surface area contributed by atoms with Gasteiger partial charge in [0.15, 0.2) is 10.9 Å². The first kappa shape index (κ1) is 22.4. The minimum absolute atomic E-state index is 0.0580. The van der Waals surface area contributed by atoms with E-state index in [4.69, 9.17) is 4.74 Å². The van der Waals surface area contributed by atoms with Crippen molar-refractivity contribution >= 4 is 51.1 Å². The number of aryl methyl sites for hydroxylation is 1. The zero-order chi connectivity index (χ0) is 23.2. The molecule has 0 radical (unpaired) electrons. The number of amides is 1. The normalized spacial score (nSPS) is 11.1. The molecule has 0 aliphatic rings. The molecule has 0 unspecified atom stereocenters. The van der Waals surface area contributed by atoms with Gasteiger partial charge < -0.3 is 4.74 Å². The molecule has 0 fully saturated rings. The molecule has 1 aromatic heterocycles. The molecule has 0 aliphatic carbocycles. The van der Waals surface area contributed by atoms with Gasteiger partial charge in [-0.15, -0.1) is 11.3 Å². The van der Waals surface area contributed by atoms with Gasteiger partial charge in [-0.2, -0.15) is 5.10 Å². The lowest BCUT2D eigenvalue weighted by Crippen LogP contribution is -2.24. The number of para-hydroxylation sites is 1. The number of carbonyl (C=O) groups is 1. The number of nitrogens with zero attached hydrogens (tertiary/aromatic N) is 3. The summed E-state index contributed by atoms with van der Waals surface area (Å²) in [5.74, 6) is 0.149. The Morgan fingerprint density at radius 2 is 2.06 bits per heavy atom. The third kappa shape index (κ3) is 5.93. The molecule has 8 nitrogen and oxygen atoms in total. The average molecular weight is 479 g/mol. The smallest absolute Gasteiger partial charge is 0.283 e. The lowest BCUT2D eigenvalue weighted by Gasteiger charge is -2.05. The molecular formula is C23H18N4O4S2. The van der Waals surface area contributed by atoms with Crippen LogP contribution in [0.3, 0.4) is 0 Å². The van der Waals surface area contributed by atoms with E-state index in [9.17, 15) is 14.9 Å². The SMILES string of the molecule is Cc1cccc(OCC(=O)N/N=C\c2ccc(Sc3nc4ccccc4s3)c([N+](=O)[O-])c2)c1. The second-order valence-corrected chi connectivity index (χ2v) is 9.25. The summed E-state index contributed by atoms with van der Waals surface area (Å²) in [5, 5.41) is 15.5. The van der Waals surface area contributed by atoms with Crippen molar-refractivity contribution in [3.05, 3.63) is 88.0 Å². The molecule has 4 aromatic rings. The maximum absolute atomic E-state index is 11.9. The summed E-state index contributed by atoms with van der Waals surface area (Å²) in [4.78, 5) is 28.1. The van der Waals surface area contributed by atoms with Gasteiger partial charge >= 0.3 is 0 Å². The van der Waals surface area contributed by atoms with Gasteiger partial charge in [-0.1, -0.05) is 42.1 Å². The van der Waals surface area contributed by atoms with Crippen molar-refractivity contribution in [3.63, 3.8) is 0 Å². The molecule has 1 N–H and O–H groups in total. The maximum atomic E-state index is 11.9. The molecule has 0 spiro atoms. The number of ether oxygens (including phenoxy) is 1. The summed E-state index contributed by atoms with van der Waals surface area (Å²) in [7, 11) is 0. The van der Waals surface area contributed by atoms with Gasteiger partial charge in [-0.3, -0.25) is 14.9 Å². The highest BCUT2D eigenvalue weighted by atomic mass is 32.2. The van der Waals surface area contributed by atoms with Crippen molar-refractivity contribution in [1.29, 1.82) is 0 Å². The lowest BCUT2D eigenvalue weighted by atomic mass is 10.2. The molecule has 0 atom stereocenters. The highest BCUT2D eigenvalue weighted by Crippen LogP contribution is 2.38. The zero-order valence-corrected chi connectivity index (χ0v) is 19.1. The van der Waals surface area contributed by atoms with Gasteiger partial charge in [0.25, 0.3) is 11.6 Å². The number of nitro groups is 1. The van der Waals surface area contributed by atoms with Gasteiger partial charge in [0.05, 0.1) is 26.3 Å². The number of nitro benzene ring substituents is 1. The molecular weight excluding hydrogens is 460 g/mol. The Balaban J connectivity index is 1.39. The van der Waals surface area contributed by atoms with Crippen LogP contribution in [-0.2, 0) is 4.79 Å². The van der Waals surface area contributed by atoms with E-state index in [1.54, 1.807) is 18.2 Å². The number of aromatic nitrogens is 1. The Labute approximate surface area is 197 Å². The summed E-state index contributed by atoms with van der Waals surface area (Å²) >= 11 is 2.73. The van der Waals surface area contributed by atoms with Crippen LogP contribution in [0.5, 0.6) is 5.75 Å². The summed E-state index contributed by atoms with van der Waals surface area (Å²) in [6.07, 6.45) is 1.35. The molecule has 0 saturated heterocycles. The Bertz CT molecular complexity index is 1320. The van der Waals surface area contributed by atoms with Crippen LogP contribution in [0.1, 0.15) is 11.1 Å². The monoisotopic (exact) mass is 478 g/mol. The number of thiazole rings is 1. The van der Waals surface area contributed by atoms with E-state index >= 15 is 0 Å². The highest BCUT2D eigenvalue weighted by Gasteiger charge is 2.17. The van der Waals surface area contributed by atoms with Crippen molar-refractivity contribution in [2.24, 2.45) is 5.10 Å². The van der Waals surface area contributed by atoms with Gasteiger partial charge in [0, 0.05) is 11.6 Å². The number of benzene rings is 3. The van der Waals surface area contributed by atoms with Crippen molar-refractivity contribution < 1.29 is 14.5 Å². The first-order chi connectivity index (χ1) is 16.0. The van der Waals surface area contributed by atoms with Crippen molar-refractivity contribution in [2.75, 3.05) is 6.61 Å². The van der Waals surface area contributed by atoms with Crippen LogP contribution in [0.15, 0.2) is 81.1 Å². The van der Waals surface area contributed by atoms with Gasteiger partial charge in [0.2, 0.25) is 0 Å². The Kier molecular flexibility index (Phi) is 6.96. The minimum atomic E-state index is -0.443. The van der Waals surface area contributed by atoms with Crippen LogP contribution in [0, 0.1) is 17.0 Å². The van der Waals surface area contributed by atoms with E-state index in [1.165, 1.54) is 35.4 Å². The third-order valence-electron chi connectivity index (χ3n) is 4.41. The average Bonchev–Trinajstić information content (AvgIpc) is 3.21. The molecule has 1 heterocycles. The first-order valence-electron chi connectivity index (χ1n) is 9.81. The molecule has 0 aliphatic heterocycles. The number of hydrogen-bond acceptors (Lipinski definition) is 8. The third-order valence-corrected chi connectivity index (χ3v) is 6.58. The van der Waals surface area contributed by atoms with Crippen LogP contribution in [0.25, 0.3) is 10.2 Å². The van der Waals surface area contributed by atoms with Crippen LogP contribution < -0.4 is 10.2 Å². The molecule has 10 heteroatoms. The number of fused-ring (bicyclic) bond motifs is 1. The lowest BCUT2D eigenvalue weighted by molar-refractivity contribution is -0.387. The van der Waals surface area contributed by atoms with E-state index in [1.807, 2.05) is 49.4 Å².